The zero-order valence-electron chi connectivity index (χ0n) is 19.8. The Balaban J connectivity index is 1.46. The zero-order valence-corrected chi connectivity index (χ0v) is 20.7. The van der Waals surface area contributed by atoms with Crippen LogP contribution in [0, 0.1) is 5.82 Å². The van der Waals surface area contributed by atoms with E-state index in [0.717, 1.165) is 11.1 Å². The second-order valence-corrected chi connectivity index (χ2v) is 8.99. The Bertz CT molecular complexity index is 1350. The number of anilines is 1. The van der Waals surface area contributed by atoms with Crippen LogP contribution >= 0.6 is 11.3 Å². The topological polar surface area (TPSA) is 84.4 Å². The maximum atomic E-state index is 14.4. The minimum atomic E-state index is -0.601. The summed E-state index contributed by atoms with van der Waals surface area (Å²) in [4.78, 5) is 27.5. The van der Waals surface area contributed by atoms with Gasteiger partial charge in [0.15, 0.2) is 0 Å². The van der Waals surface area contributed by atoms with Gasteiger partial charge in [-0.2, -0.15) is 0 Å². The Hall–Kier alpha value is -4.11. The number of methoxy groups -OCH3 is 1. The van der Waals surface area contributed by atoms with E-state index < -0.39 is 11.7 Å². The molecule has 3 aromatic carbocycles. The van der Waals surface area contributed by atoms with E-state index in [1.54, 1.807) is 13.2 Å². The number of nitrogens with zero attached hydrogens (tertiary/aromatic N) is 3. The molecule has 1 N–H and O–H groups in total. The van der Waals surface area contributed by atoms with Crippen LogP contribution in [0.25, 0.3) is 10.6 Å². The molecule has 36 heavy (non-hydrogen) atoms. The molecule has 184 valence electrons. The number of halogens is 1. The molecule has 9 heteroatoms. The molecule has 0 saturated heterocycles. The first kappa shape index (κ1) is 25.0. The maximum Gasteiger partial charge on any atom is 0.257 e. The number of benzene rings is 3. The van der Waals surface area contributed by atoms with E-state index in [4.69, 9.17) is 4.74 Å². The highest BCUT2D eigenvalue weighted by atomic mass is 32.1. The van der Waals surface area contributed by atoms with Crippen molar-refractivity contribution in [3.05, 3.63) is 95.8 Å². The van der Waals surface area contributed by atoms with E-state index in [9.17, 15) is 14.0 Å². The van der Waals surface area contributed by atoms with Crippen molar-refractivity contribution in [3.8, 4) is 16.3 Å². The fourth-order valence-electron chi connectivity index (χ4n) is 3.72. The number of nitrogens with one attached hydrogen (secondary N) is 1. The number of aromatic nitrogens is 2. The number of hydrogen-bond donors (Lipinski definition) is 1. The summed E-state index contributed by atoms with van der Waals surface area (Å²) in [5.74, 6) is -0.708. The van der Waals surface area contributed by atoms with E-state index >= 15 is 0 Å². The Morgan fingerprint density at radius 3 is 2.53 bits per heavy atom. The van der Waals surface area contributed by atoms with E-state index in [0.29, 0.717) is 15.9 Å². The smallest absolute Gasteiger partial charge is 0.257 e. The van der Waals surface area contributed by atoms with Crippen molar-refractivity contribution in [2.75, 3.05) is 19.0 Å². The minimum Gasteiger partial charge on any atom is -0.497 e. The van der Waals surface area contributed by atoms with Gasteiger partial charge in [0.25, 0.3) is 5.91 Å². The quantitative estimate of drug-likeness (QED) is 0.321. The highest BCUT2D eigenvalue weighted by molar-refractivity contribution is 7.18. The molecule has 4 aromatic rings. The SMILES string of the molecule is COc1cccc(-c2nnc(NC(=O)CCN(C(=O)c3ccccc3F)[C@H](C)c3ccccc3)s2)c1. The molecule has 1 heterocycles. The summed E-state index contributed by atoms with van der Waals surface area (Å²) in [6, 6.07) is 22.3. The molecule has 0 unspecified atom stereocenters. The Labute approximate surface area is 212 Å². The third-order valence-corrected chi connectivity index (χ3v) is 6.57. The lowest BCUT2D eigenvalue weighted by atomic mass is 10.0. The Morgan fingerprint density at radius 1 is 1.03 bits per heavy atom. The first-order chi connectivity index (χ1) is 17.5. The molecule has 1 aromatic heterocycles. The molecule has 2 amide bonds. The average molecular weight is 505 g/mol. The molecule has 0 aliphatic heterocycles. The number of carbonyl (C=O) groups excluding carboxylic acids is 2. The van der Waals surface area contributed by atoms with Gasteiger partial charge < -0.3 is 15.0 Å². The lowest BCUT2D eigenvalue weighted by Gasteiger charge is -2.30. The summed E-state index contributed by atoms with van der Waals surface area (Å²) in [5.41, 5.74) is 1.67. The summed E-state index contributed by atoms with van der Waals surface area (Å²) in [5, 5.41) is 11.9. The average Bonchev–Trinajstić information content (AvgIpc) is 3.37. The van der Waals surface area contributed by atoms with Crippen LogP contribution in [0.1, 0.15) is 35.3 Å². The van der Waals surface area contributed by atoms with E-state index in [2.05, 4.69) is 15.5 Å². The predicted octanol–water partition coefficient (Wildman–Crippen LogP) is 5.59. The summed E-state index contributed by atoms with van der Waals surface area (Å²) in [6.45, 7) is 1.95. The van der Waals surface area contributed by atoms with Crippen LogP contribution < -0.4 is 10.1 Å². The first-order valence-corrected chi connectivity index (χ1v) is 12.2. The molecule has 7 nitrogen and oxygen atoms in total. The van der Waals surface area contributed by atoms with Gasteiger partial charge in [-0.25, -0.2) is 4.39 Å². The van der Waals surface area contributed by atoms with Crippen molar-refractivity contribution in [2.45, 2.75) is 19.4 Å². The van der Waals surface area contributed by atoms with Gasteiger partial charge in [0.05, 0.1) is 18.7 Å². The molecular formula is C27H25FN4O3S. The zero-order chi connectivity index (χ0) is 25.5. The van der Waals surface area contributed by atoms with Crippen molar-refractivity contribution in [2.24, 2.45) is 0 Å². The molecule has 4 rings (SSSR count). The van der Waals surface area contributed by atoms with Gasteiger partial charge in [0, 0.05) is 18.5 Å². The second-order valence-electron chi connectivity index (χ2n) is 8.01. The highest BCUT2D eigenvalue weighted by Crippen LogP contribution is 2.29. The van der Waals surface area contributed by atoms with E-state index in [1.807, 2.05) is 61.5 Å². The van der Waals surface area contributed by atoms with Crippen molar-refractivity contribution in [1.29, 1.82) is 0 Å². The molecule has 0 aliphatic rings. The van der Waals surface area contributed by atoms with Gasteiger partial charge in [-0.3, -0.25) is 9.59 Å². The van der Waals surface area contributed by atoms with Crippen LogP contribution in [0.3, 0.4) is 0 Å². The van der Waals surface area contributed by atoms with Crippen LogP contribution in [-0.2, 0) is 4.79 Å². The maximum absolute atomic E-state index is 14.4. The minimum absolute atomic E-state index is 0.00540. The van der Waals surface area contributed by atoms with Gasteiger partial charge in [-0.1, -0.05) is 65.9 Å². The van der Waals surface area contributed by atoms with Crippen molar-refractivity contribution >= 4 is 28.3 Å². The number of carbonyl (C=O) groups is 2. The van der Waals surface area contributed by atoms with Crippen LogP contribution in [0.4, 0.5) is 9.52 Å². The number of rotatable bonds is 9. The van der Waals surface area contributed by atoms with Gasteiger partial charge in [-0.05, 0) is 36.8 Å². The van der Waals surface area contributed by atoms with Gasteiger partial charge >= 0.3 is 0 Å². The first-order valence-electron chi connectivity index (χ1n) is 11.3. The van der Waals surface area contributed by atoms with Gasteiger partial charge in [0.1, 0.15) is 16.6 Å². The van der Waals surface area contributed by atoms with Gasteiger partial charge in [0.2, 0.25) is 11.0 Å². The van der Waals surface area contributed by atoms with Crippen molar-refractivity contribution < 1.29 is 18.7 Å². The fourth-order valence-corrected chi connectivity index (χ4v) is 4.48. The molecule has 0 saturated carbocycles. The van der Waals surface area contributed by atoms with Crippen LogP contribution in [-0.4, -0.2) is 40.6 Å². The third-order valence-electron chi connectivity index (χ3n) is 5.68. The standard InChI is InChI=1S/C27H25FN4O3S/c1-18(19-9-4-3-5-10-19)32(26(34)22-13-6-7-14-23(22)28)16-15-24(33)29-27-31-30-25(36-27)20-11-8-12-21(17-20)35-2/h3-14,17-18H,15-16H2,1-2H3,(H,29,31,33)/t18-/m1/s1. The third kappa shape index (κ3) is 5.92. The largest absolute Gasteiger partial charge is 0.497 e. The normalized spacial score (nSPS) is 11.5. The highest BCUT2D eigenvalue weighted by Gasteiger charge is 2.25. The fraction of sp³-hybridized carbons (Fsp3) is 0.185. The van der Waals surface area contributed by atoms with E-state index in [1.165, 1.54) is 34.4 Å². The van der Waals surface area contributed by atoms with Crippen LogP contribution in [0.2, 0.25) is 0 Å². The predicted molar refractivity (Wildman–Crippen MR) is 137 cm³/mol. The summed E-state index contributed by atoms with van der Waals surface area (Å²) < 4.78 is 19.6. The second kappa shape index (κ2) is 11.5. The molecule has 0 bridgehead atoms. The molecule has 0 aliphatic carbocycles. The molecular weight excluding hydrogens is 479 g/mol. The van der Waals surface area contributed by atoms with E-state index in [-0.39, 0.29) is 30.5 Å². The summed E-state index contributed by atoms with van der Waals surface area (Å²) >= 11 is 1.24. The lowest BCUT2D eigenvalue weighted by molar-refractivity contribution is -0.116. The van der Waals surface area contributed by atoms with Crippen molar-refractivity contribution in [1.82, 2.24) is 15.1 Å². The van der Waals surface area contributed by atoms with Gasteiger partial charge in [-0.15, -0.1) is 10.2 Å². The lowest BCUT2D eigenvalue weighted by Crippen LogP contribution is -2.36. The van der Waals surface area contributed by atoms with Crippen LogP contribution in [0.15, 0.2) is 78.9 Å². The number of hydrogen-bond acceptors (Lipinski definition) is 6. The number of amides is 2. The molecule has 1 atom stereocenters. The van der Waals surface area contributed by atoms with Crippen molar-refractivity contribution in [3.63, 3.8) is 0 Å². The number of ether oxygens (including phenoxy) is 1. The molecule has 0 fully saturated rings. The Morgan fingerprint density at radius 2 is 1.78 bits per heavy atom. The monoisotopic (exact) mass is 504 g/mol. The summed E-state index contributed by atoms with van der Waals surface area (Å²) in [6.07, 6.45) is 0.00540. The molecule has 0 radical (unpaired) electrons. The Kier molecular flexibility index (Phi) is 8.02. The summed E-state index contributed by atoms with van der Waals surface area (Å²) in [7, 11) is 1.59. The van der Waals surface area contributed by atoms with Crippen LogP contribution in [0.5, 0.6) is 5.75 Å². The molecule has 0 spiro atoms.